The fourth-order valence-corrected chi connectivity index (χ4v) is 7.52. The number of nitrogens with one attached hydrogen (secondary N) is 3. The van der Waals surface area contributed by atoms with Crippen molar-refractivity contribution in [2.24, 2.45) is 0 Å². The lowest BCUT2D eigenvalue weighted by Gasteiger charge is -2.43. The summed E-state index contributed by atoms with van der Waals surface area (Å²) < 4.78 is 80.9. The molecule has 16 heteroatoms. The highest BCUT2D eigenvalue weighted by atomic mass is 19.1. The van der Waals surface area contributed by atoms with Crippen molar-refractivity contribution < 1.29 is 55.7 Å². The Morgan fingerprint density at radius 2 is 1.28 bits per heavy atom. The van der Waals surface area contributed by atoms with Crippen molar-refractivity contribution in [2.75, 3.05) is 18.5 Å². The predicted molar refractivity (Wildman–Crippen MR) is 236 cm³/mol. The number of rotatable bonds is 14. The number of benzene rings is 4. The number of alkyl carbamates (subject to hydrolysis) is 2. The first kappa shape index (κ1) is 49.8. The second kappa shape index (κ2) is 21.7. The largest absolute Gasteiger partial charge is 0.447 e. The number of ether oxygens (including phenoxy) is 4. The van der Waals surface area contributed by atoms with Gasteiger partial charge >= 0.3 is 18.3 Å². The molecule has 65 heavy (non-hydrogen) atoms. The van der Waals surface area contributed by atoms with Crippen LogP contribution in [0.5, 0.6) is 0 Å². The first-order valence-corrected chi connectivity index (χ1v) is 21.5. The van der Waals surface area contributed by atoms with Crippen molar-refractivity contribution in [3.05, 3.63) is 137 Å². The standard InChI is InChI=1S/C49H58F4N4O8/c1-9-39(30-13-19-33(50)20-14-30)55-45(59)62-28-41-29(2)63-36(27-57(41)47(61)65-49(6,7)8)25-26-37-38(53)11-10-12-40(37)54-44(58)43(56-46(60)64-48(3,4)5)42(31-15-21-34(51)22-16-31)32-17-23-35(52)24-18-32/h10-24,29,36,39,41-43H,9,25-28H2,1-8H3,(H,54,58)(H,55,59)(H,56,60). The van der Waals surface area contributed by atoms with E-state index in [0.29, 0.717) is 23.1 Å². The molecule has 0 aromatic heterocycles. The zero-order chi connectivity index (χ0) is 47.6. The first-order chi connectivity index (χ1) is 30.6. The monoisotopic (exact) mass is 906 g/mol. The molecule has 1 fully saturated rings. The zero-order valence-electron chi connectivity index (χ0n) is 37.9. The summed E-state index contributed by atoms with van der Waals surface area (Å²) in [6, 6.07) is 17.8. The molecule has 5 rings (SSSR count). The third kappa shape index (κ3) is 14.4. The molecule has 0 radical (unpaired) electrons. The highest BCUT2D eigenvalue weighted by Gasteiger charge is 2.41. The lowest BCUT2D eigenvalue weighted by molar-refractivity contribution is -0.122. The molecule has 4 aromatic rings. The van der Waals surface area contributed by atoms with Gasteiger partial charge in [0.25, 0.3) is 0 Å². The lowest BCUT2D eigenvalue weighted by atomic mass is 9.84. The molecule has 1 heterocycles. The van der Waals surface area contributed by atoms with Gasteiger partial charge in [-0.15, -0.1) is 0 Å². The minimum absolute atomic E-state index is 0.0106. The second-order valence-electron chi connectivity index (χ2n) is 17.9. The lowest BCUT2D eigenvalue weighted by Crippen LogP contribution is -2.59. The van der Waals surface area contributed by atoms with Crippen molar-refractivity contribution in [2.45, 2.75) is 122 Å². The molecule has 4 aromatic carbocycles. The Balaban J connectivity index is 1.36. The maximum atomic E-state index is 15.9. The number of morpholine rings is 1. The molecule has 12 nitrogen and oxygen atoms in total. The maximum absolute atomic E-state index is 15.9. The minimum atomic E-state index is -1.45. The average molecular weight is 907 g/mol. The Bertz CT molecular complexity index is 2200. The van der Waals surface area contributed by atoms with Crippen molar-refractivity contribution >= 4 is 29.9 Å². The number of anilines is 1. The summed E-state index contributed by atoms with van der Waals surface area (Å²) >= 11 is 0. The number of halogens is 4. The summed E-state index contributed by atoms with van der Waals surface area (Å²) in [6.07, 6.45) is -3.06. The van der Waals surface area contributed by atoms with E-state index in [0.717, 1.165) is 0 Å². The maximum Gasteiger partial charge on any atom is 0.410 e. The van der Waals surface area contributed by atoms with E-state index in [1.165, 1.54) is 83.8 Å². The Morgan fingerprint density at radius 3 is 1.80 bits per heavy atom. The van der Waals surface area contributed by atoms with Crippen LogP contribution in [0.15, 0.2) is 91.0 Å². The van der Waals surface area contributed by atoms with Crippen molar-refractivity contribution in [1.29, 1.82) is 0 Å². The number of amides is 4. The van der Waals surface area contributed by atoms with Gasteiger partial charge in [0.2, 0.25) is 5.91 Å². The Morgan fingerprint density at radius 1 is 0.738 bits per heavy atom. The van der Waals surface area contributed by atoms with Crippen LogP contribution in [0.4, 0.5) is 37.6 Å². The summed E-state index contributed by atoms with van der Waals surface area (Å²) in [5.41, 5.74) is -0.134. The molecule has 0 saturated carbocycles. The van der Waals surface area contributed by atoms with Gasteiger partial charge in [0.1, 0.15) is 47.1 Å². The third-order valence-corrected chi connectivity index (χ3v) is 10.6. The van der Waals surface area contributed by atoms with E-state index in [9.17, 15) is 32.3 Å². The fraction of sp³-hybridized carbons (Fsp3) is 0.429. The number of nitrogens with zero attached hydrogens (tertiary/aromatic N) is 1. The normalized spacial score (nSPS) is 17.4. The van der Waals surface area contributed by atoms with Gasteiger partial charge in [0.15, 0.2) is 0 Å². The van der Waals surface area contributed by atoms with Gasteiger partial charge in [-0.05, 0) is 133 Å². The topological polar surface area (TPSA) is 145 Å². The van der Waals surface area contributed by atoms with E-state index in [1.54, 1.807) is 60.6 Å². The molecule has 1 aliphatic heterocycles. The summed E-state index contributed by atoms with van der Waals surface area (Å²) in [5, 5.41) is 8.21. The van der Waals surface area contributed by atoms with Crippen LogP contribution in [-0.4, -0.2) is 77.7 Å². The minimum Gasteiger partial charge on any atom is -0.447 e. The van der Waals surface area contributed by atoms with Gasteiger partial charge in [-0.3, -0.25) is 9.69 Å². The van der Waals surface area contributed by atoms with Crippen LogP contribution in [0.2, 0.25) is 0 Å². The molecule has 1 aliphatic rings. The highest BCUT2D eigenvalue weighted by molar-refractivity contribution is 5.98. The average Bonchev–Trinajstić information content (AvgIpc) is 3.22. The number of hydrogen-bond donors (Lipinski definition) is 3. The van der Waals surface area contributed by atoms with E-state index in [-0.39, 0.29) is 37.2 Å². The van der Waals surface area contributed by atoms with Gasteiger partial charge in [-0.25, -0.2) is 31.9 Å². The summed E-state index contributed by atoms with van der Waals surface area (Å²) in [4.78, 5) is 55.9. The Kier molecular flexibility index (Phi) is 16.6. The molecule has 0 aliphatic carbocycles. The van der Waals surface area contributed by atoms with Gasteiger partial charge in [-0.2, -0.15) is 0 Å². The van der Waals surface area contributed by atoms with Crippen LogP contribution in [0.25, 0.3) is 0 Å². The fourth-order valence-electron chi connectivity index (χ4n) is 7.52. The molecule has 1 saturated heterocycles. The van der Waals surface area contributed by atoms with Crippen LogP contribution in [0.3, 0.4) is 0 Å². The Hall–Kier alpha value is -6.16. The molecule has 4 amide bonds. The molecule has 0 bridgehead atoms. The van der Waals surface area contributed by atoms with E-state index in [1.807, 2.05) is 6.92 Å². The third-order valence-electron chi connectivity index (χ3n) is 10.6. The molecule has 5 atom stereocenters. The Labute approximate surface area is 377 Å². The molecular formula is C49H58F4N4O8. The smallest absolute Gasteiger partial charge is 0.410 e. The van der Waals surface area contributed by atoms with Crippen LogP contribution in [0.1, 0.15) is 102 Å². The van der Waals surface area contributed by atoms with Crippen molar-refractivity contribution in [3.63, 3.8) is 0 Å². The first-order valence-electron chi connectivity index (χ1n) is 21.5. The highest BCUT2D eigenvalue weighted by Crippen LogP contribution is 2.32. The van der Waals surface area contributed by atoms with E-state index >= 15 is 4.39 Å². The van der Waals surface area contributed by atoms with Gasteiger partial charge in [0, 0.05) is 17.2 Å². The summed E-state index contributed by atoms with van der Waals surface area (Å²) in [6.45, 7) is 13.4. The number of carbonyl (C=O) groups excluding carboxylic acids is 4. The number of carbonyl (C=O) groups is 4. The van der Waals surface area contributed by atoms with Gasteiger partial charge < -0.3 is 34.9 Å². The van der Waals surface area contributed by atoms with Crippen LogP contribution >= 0.6 is 0 Å². The molecular weight excluding hydrogens is 849 g/mol. The molecule has 0 spiro atoms. The second-order valence-corrected chi connectivity index (χ2v) is 17.9. The SMILES string of the molecule is CCC(NC(=O)OCC1C(C)OC(CCc2c(F)cccc2NC(=O)C(NC(=O)OC(C)(C)C)C(c2ccc(F)cc2)c2ccc(F)cc2)CN1C(=O)OC(C)(C)C)c1ccc(F)cc1. The quantitative estimate of drug-likeness (QED) is 0.0838. The van der Waals surface area contributed by atoms with Gasteiger partial charge in [-0.1, -0.05) is 49.4 Å². The molecule has 3 N–H and O–H groups in total. The van der Waals surface area contributed by atoms with Crippen LogP contribution in [-0.2, 0) is 30.2 Å². The van der Waals surface area contributed by atoms with Crippen LogP contribution in [0, 0.1) is 23.3 Å². The zero-order valence-corrected chi connectivity index (χ0v) is 37.9. The molecule has 350 valence electrons. The summed E-state index contributed by atoms with van der Waals surface area (Å²) in [7, 11) is 0. The number of hydrogen-bond acceptors (Lipinski definition) is 8. The van der Waals surface area contributed by atoms with Crippen LogP contribution < -0.4 is 16.0 Å². The van der Waals surface area contributed by atoms with Crippen molar-refractivity contribution in [3.8, 4) is 0 Å². The van der Waals surface area contributed by atoms with Crippen molar-refractivity contribution in [1.82, 2.24) is 15.5 Å². The summed E-state index contributed by atoms with van der Waals surface area (Å²) in [5.74, 6) is -3.92. The van der Waals surface area contributed by atoms with Gasteiger partial charge in [0.05, 0.1) is 30.8 Å². The van der Waals surface area contributed by atoms with E-state index < -0.39 is 94.9 Å². The predicted octanol–water partition coefficient (Wildman–Crippen LogP) is 10.1. The molecule has 5 unspecified atom stereocenters. The van der Waals surface area contributed by atoms with E-state index in [4.69, 9.17) is 18.9 Å². The van der Waals surface area contributed by atoms with E-state index in [2.05, 4.69) is 16.0 Å².